The van der Waals surface area contributed by atoms with E-state index in [1.54, 1.807) is 4.90 Å². The Morgan fingerprint density at radius 1 is 0.786 bits per heavy atom. The largest absolute Gasteiger partial charge is 0.508 e. The van der Waals surface area contributed by atoms with Gasteiger partial charge in [-0.15, -0.1) is 0 Å². The molecular formula is C46H49N5O5. The van der Waals surface area contributed by atoms with Gasteiger partial charge in [0.05, 0.1) is 18.3 Å². The molecule has 56 heavy (non-hydrogen) atoms. The van der Waals surface area contributed by atoms with E-state index in [-0.39, 0.29) is 30.2 Å². The summed E-state index contributed by atoms with van der Waals surface area (Å²) in [4.78, 5) is 46.9. The number of rotatable bonds is 6. The minimum Gasteiger partial charge on any atom is -0.508 e. The summed E-state index contributed by atoms with van der Waals surface area (Å²) < 4.78 is 6.44. The predicted octanol–water partition coefficient (Wildman–Crippen LogP) is 5.81. The maximum absolute atomic E-state index is 13.4. The first-order valence-corrected chi connectivity index (χ1v) is 20.5. The first-order chi connectivity index (χ1) is 27.4. The molecule has 4 atom stereocenters. The number of benzene rings is 4. The van der Waals surface area contributed by atoms with E-state index in [9.17, 15) is 19.5 Å². The lowest BCUT2D eigenvalue weighted by molar-refractivity contribution is -0.136. The van der Waals surface area contributed by atoms with Crippen molar-refractivity contribution in [3.63, 3.8) is 0 Å². The van der Waals surface area contributed by atoms with Crippen molar-refractivity contribution < 1.29 is 24.2 Å². The number of hydrogen-bond acceptors (Lipinski definition) is 8. The van der Waals surface area contributed by atoms with Crippen LogP contribution in [0.2, 0.25) is 0 Å². The number of carbonyl (C=O) groups excluding carboxylic acids is 3. The molecule has 10 heteroatoms. The van der Waals surface area contributed by atoms with Crippen LogP contribution in [-0.4, -0.2) is 90.6 Å². The van der Waals surface area contributed by atoms with Gasteiger partial charge in [0.15, 0.2) is 0 Å². The molecule has 0 saturated carbocycles. The van der Waals surface area contributed by atoms with Crippen molar-refractivity contribution in [3.8, 4) is 11.5 Å². The maximum atomic E-state index is 13.4. The summed E-state index contributed by atoms with van der Waals surface area (Å²) in [5, 5.41) is 12.6. The van der Waals surface area contributed by atoms with Crippen LogP contribution in [0.15, 0.2) is 84.9 Å². The third-order valence-corrected chi connectivity index (χ3v) is 13.5. The maximum Gasteiger partial charge on any atom is 0.255 e. The van der Waals surface area contributed by atoms with Gasteiger partial charge >= 0.3 is 0 Å². The Labute approximate surface area is 328 Å². The highest BCUT2D eigenvalue weighted by Crippen LogP contribution is 2.48. The number of imide groups is 1. The molecule has 3 amide bonds. The number of phenolic OH excluding ortho intramolecular Hbond substituents is 1. The monoisotopic (exact) mass is 751 g/mol. The summed E-state index contributed by atoms with van der Waals surface area (Å²) in [7, 11) is 0. The van der Waals surface area contributed by atoms with Crippen LogP contribution in [0.5, 0.6) is 11.5 Å². The lowest BCUT2D eigenvalue weighted by Gasteiger charge is -2.47. The molecule has 288 valence electrons. The number of carbonyl (C=O) groups is 3. The third kappa shape index (κ3) is 6.28. The zero-order chi connectivity index (χ0) is 37.9. The van der Waals surface area contributed by atoms with Gasteiger partial charge in [0, 0.05) is 68.4 Å². The summed E-state index contributed by atoms with van der Waals surface area (Å²) in [5.41, 5.74) is 9.11. The van der Waals surface area contributed by atoms with Gasteiger partial charge in [-0.05, 0) is 103 Å². The molecule has 3 saturated heterocycles. The Morgan fingerprint density at radius 2 is 1.61 bits per heavy atom. The Hall–Kier alpha value is -5.35. The summed E-state index contributed by atoms with van der Waals surface area (Å²) in [5.74, 6) is 1.59. The highest BCUT2D eigenvalue weighted by Gasteiger charge is 2.43. The fourth-order valence-corrected chi connectivity index (χ4v) is 10.6. The summed E-state index contributed by atoms with van der Waals surface area (Å²) in [6.45, 7) is 6.96. The number of amides is 3. The Kier molecular flexibility index (Phi) is 8.96. The second-order valence-electron chi connectivity index (χ2n) is 16.7. The van der Waals surface area contributed by atoms with Gasteiger partial charge in [-0.3, -0.25) is 24.6 Å². The molecule has 0 aromatic heterocycles. The lowest BCUT2D eigenvalue weighted by Crippen LogP contribution is -2.58. The van der Waals surface area contributed by atoms with Gasteiger partial charge in [-0.25, -0.2) is 0 Å². The molecule has 1 unspecified atom stereocenters. The van der Waals surface area contributed by atoms with E-state index in [1.165, 1.54) is 40.8 Å². The molecule has 0 bridgehead atoms. The molecule has 4 aromatic rings. The second-order valence-corrected chi connectivity index (χ2v) is 16.7. The number of anilines is 2. The molecular weight excluding hydrogens is 703 g/mol. The fraction of sp³-hybridized carbons (Fsp3) is 0.413. The molecule has 3 fully saturated rings. The van der Waals surface area contributed by atoms with Crippen LogP contribution in [0.3, 0.4) is 0 Å². The van der Waals surface area contributed by atoms with Gasteiger partial charge in [0.2, 0.25) is 11.8 Å². The van der Waals surface area contributed by atoms with Crippen molar-refractivity contribution in [1.82, 2.24) is 15.1 Å². The zero-order valence-corrected chi connectivity index (χ0v) is 31.7. The Balaban J connectivity index is 0.758. The number of nitrogens with zero attached hydrogens (tertiary/aromatic N) is 4. The summed E-state index contributed by atoms with van der Waals surface area (Å²) in [6.07, 6.45) is 4.98. The lowest BCUT2D eigenvalue weighted by atomic mass is 9.69. The molecule has 2 N–H and O–H groups in total. The molecule has 10 nitrogen and oxygen atoms in total. The van der Waals surface area contributed by atoms with E-state index >= 15 is 0 Å². The van der Waals surface area contributed by atoms with Gasteiger partial charge in [0.25, 0.3) is 5.91 Å². The molecule has 10 rings (SSSR count). The normalized spacial score (nSPS) is 25.2. The fourth-order valence-electron chi connectivity index (χ4n) is 10.6. The Morgan fingerprint density at radius 3 is 2.41 bits per heavy atom. The second kappa shape index (κ2) is 14.3. The van der Waals surface area contributed by atoms with Crippen molar-refractivity contribution >= 4 is 29.1 Å². The van der Waals surface area contributed by atoms with E-state index in [1.807, 2.05) is 24.3 Å². The first-order valence-electron chi connectivity index (χ1n) is 20.5. The summed E-state index contributed by atoms with van der Waals surface area (Å²) >= 11 is 0. The molecule has 1 aliphatic carbocycles. The minimum absolute atomic E-state index is 0.166. The van der Waals surface area contributed by atoms with Crippen molar-refractivity contribution in [2.75, 3.05) is 55.7 Å². The van der Waals surface area contributed by atoms with E-state index in [0.717, 1.165) is 69.1 Å². The number of nitrogens with one attached hydrogen (secondary N) is 1. The van der Waals surface area contributed by atoms with E-state index in [4.69, 9.17) is 4.74 Å². The average Bonchev–Trinajstić information content (AvgIpc) is 3.56. The first kappa shape index (κ1) is 35.1. The standard InChI is InChI=1S/C46H49N5O5/c52-35-11-13-37-32(24-35)8-12-36(30-4-2-1-3-5-30)43(37)31-6-9-33(10-7-31)49-20-18-29(19-21-49)25-48-22-23-50-34(26-48)28-56-44-39-27-51(41-16-17-42(53)47-45(41)54)46(55)38(39)14-15-40(44)50/h1-7,9-11,13-15,24,29,34,36,41,43,52H,8,12,16-23,25-28H2,(H,47,53,54)/t34-,36-,41?,43+/m1/s1. The zero-order valence-electron chi connectivity index (χ0n) is 31.7. The van der Waals surface area contributed by atoms with E-state index in [2.05, 4.69) is 80.7 Å². The minimum atomic E-state index is -0.633. The molecule has 0 spiro atoms. The van der Waals surface area contributed by atoms with E-state index < -0.39 is 11.9 Å². The van der Waals surface area contributed by atoms with Crippen LogP contribution < -0.4 is 19.9 Å². The smallest absolute Gasteiger partial charge is 0.255 e. The van der Waals surface area contributed by atoms with Gasteiger partial charge in [0.1, 0.15) is 24.1 Å². The van der Waals surface area contributed by atoms with Crippen LogP contribution in [-0.2, 0) is 22.6 Å². The van der Waals surface area contributed by atoms with Crippen LogP contribution in [0.1, 0.15) is 82.1 Å². The molecule has 5 aliphatic heterocycles. The number of fused-ring (bicyclic) bond motifs is 6. The average molecular weight is 752 g/mol. The number of phenols is 1. The SMILES string of the molecule is O=C1CCC(N2Cc3c(ccc4c3OC[C@H]3CN(CC5CCN(c6ccc([C@@H]7c8ccc(O)cc8CC[C@@H]7c7ccccc7)cc6)CC5)CCN43)C2=O)C(=O)N1. The summed E-state index contributed by atoms with van der Waals surface area (Å²) in [6, 6.07) is 29.7. The van der Waals surface area contributed by atoms with Gasteiger partial charge < -0.3 is 24.5 Å². The highest BCUT2D eigenvalue weighted by atomic mass is 16.5. The van der Waals surface area contributed by atoms with Crippen LogP contribution >= 0.6 is 0 Å². The third-order valence-electron chi connectivity index (χ3n) is 13.5. The van der Waals surface area contributed by atoms with Crippen LogP contribution in [0, 0.1) is 5.92 Å². The number of aromatic hydroxyl groups is 1. The molecule has 4 aromatic carbocycles. The quantitative estimate of drug-likeness (QED) is 0.238. The van der Waals surface area contributed by atoms with Gasteiger partial charge in [-0.2, -0.15) is 0 Å². The highest BCUT2D eigenvalue weighted by molar-refractivity contribution is 6.06. The van der Waals surface area contributed by atoms with Crippen molar-refractivity contribution in [1.29, 1.82) is 0 Å². The number of piperidine rings is 2. The number of piperazine rings is 1. The predicted molar refractivity (Wildman–Crippen MR) is 214 cm³/mol. The molecule has 5 heterocycles. The van der Waals surface area contributed by atoms with Crippen LogP contribution in [0.25, 0.3) is 0 Å². The number of hydrogen-bond donors (Lipinski definition) is 2. The Bertz CT molecular complexity index is 2170. The van der Waals surface area contributed by atoms with Crippen molar-refractivity contribution in [3.05, 3.63) is 118 Å². The van der Waals surface area contributed by atoms with Crippen molar-refractivity contribution in [2.24, 2.45) is 5.92 Å². The van der Waals surface area contributed by atoms with Crippen LogP contribution in [0.4, 0.5) is 11.4 Å². The van der Waals surface area contributed by atoms with Gasteiger partial charge in [-0.1, -0.05) is 48.5 Å². The number of aryl methyl sites for hydroxylation is 1. The number of ether oxygens (including phenoxy) is 1. The topological polar surface area (TPSA) is 106 Å². The van der Waals surface area contributed by atoms with Crippen molar-refractivity contribution in [2.45, 2.75) is 69.0 Å². The molecule has 0 radical (unpaired) electrons. The van der Waals surface area contributed by atoms with E-state index in [0.29, 0.717) is 42.7 Å². The molecule has 6 aliphatic rings.